The van der Waals surface area contributed by atoms with Crippen molar-refractivity contribution < 1.29 is 39.6 Å². The fourth-order valence-electron chi connectivity index (χ4n) is 5.59. The fraction of sp³-hybridized carbons (Fsp3) is 0.786. The molecule has 4 unspecified atom stereocenters. The minimum atomic E-state index is -1.30. The second-order valence-corrected chi connectivity index (χ2v) is 10.6. The van der Waals surface area contributed by atoms with Crippen molar-refractivity contribution in [3.05, 3.63) is 12.2 Å². The maximum absolute atomic E-state index is 11.0. The van der Waals surface area contributed by atoms with Crippen LogP contribution in [-0.2, 0) is 19.2 Å². The highest BCUT2D eigenvalue weighted by Crippen LogP contribution is 2.40. The second-order valence-electron chi connectivity index (χ2n) is 10.6. The molecule has 0 aromatic heterocycles. The van der Waals surface area contributed by atoms with Gasteiger partial charge >= 0.3 is 23.9 Å². The van der Waals surface area contributed by atoms with Crippen molar-refractivity contribution in [1.82, 2.24) is 0 Å². The molecule has 1 rings (SSSR count). The lowest BCUT2D eigenvalue weighted by Gasteiger charge is -2.37. The number of hydrogen-bond acceptors (Lipinski definition) is 4. The van der Waals surface area contributed by atoms with Crippen molar-refractivity contribution in [2.45, 2.75) is 104 Å². The number of aliphatic carboxylic acids is 4. The van der Waals surface area contributed by atoms with Gasteiger partial charge < -0.3 is 20.4 Å². The van der Waals surface area contributed by atoms with E-state index in [0.29, 0.717) is 36.5 Å². The summed E-state index contributed by atoms with van der Waals surface area (Å²) in [6, 6.07) is 0. The average molecular weight is 511 g/mol. The summed E-state index contributed by atoms with van der Waals surface area (Å²) in [6.07, 6.45) is 16.7. The van der Waals surface area contributed by atoms with Gasteiger partial charge in [0.25, 0.3) is 0 Å². The molecule has 4 N–H and O–H groups in total. The van der Waals surface area contributed by atoms with Gasteiger partial charge in [0.05, 0.1) is 0 Å². The maximum atomic E-state index is 11.0. The third-order valence-corrected chi connectivity index (χ3v) is 7.87. The number of hydrogen-bond donors (Lipinski definition) is 4. The largest absolute Gasteiger partial charge is 0.481 e. The molecule has 0 saturated carbocycles. The Labute approximate surface area is 215 Å². The zero-order chi connectivity index (χ0) is 27.1. The molecular formula is C28H46O8. The van der Waals surface area contributed by atoms with Gasteiger partial charge in [-0.05, 0) is 49.4 Å². The Morgan fingerprint density at radius 2 is 0.806 bits per heavy atom. The van der Waals surface area contributed by atoms with E-state index in [1.165, 1.54) is 12.8 Å². The van der Waals surface area contributed by atoms with Gasteiger partial charge in [0, 0.05) is 0 Å². The first kappa shape index (κ1) is 31.6. The molecule has 0 aromatic rings. The Morgan fingerprint density at radius 1 is 0.528 bits per heavy atom. The van der Waals surface area contributed by atoms with Gasteiger partial charge in [-0.15, -0.1) is 0 Å². The van der Waals surface area contributed by atoms with Crippen molar-refractivity contribution >= 4 is 23.9 Å². The first-order valence-electron chi connectivity index (χ1n) is 13.7. The Kier molecular flexibility index (Phi) is 15.1. The molecular weight excluding hydrogens is 464 g/mol. The Morgan fingerprint density at radius 3 is 1.11 bits per heavy atom. The predicted molar refractivity (Wildman–Crippen MR) is 137 cm³/mol. The topological polar surface area (TPSA) is 149 Å². The molecule has 0 radical (unpaired) electrons. The molecule has 1 aliphatic carbocycles. The number of allylic oxidation sites excluding steroid dienone is 2. The third kappa shape index (κ3) is 11.6. The molecule has 0 bridgehead atoms. The van der Waals surface area contributed by atoms with Crippen molar-refractivity contribution in [3.63, 3.8) is 0 Å². The van der Waals surface area contributed by atoms with Crippen LogP contribution in [0.3, 0.4) is 0 Å². The minimum absolute atomic E-state index is 0.189. The molecule has 4 atom stereocenters. The lowest BCUT2D eigenvalue weighted by molar-refractivity contribution is -0.156. The van der Waals surface area contributed by atoms with E-state index in [2.05, 4.69) is 26.0 Å². The summed E-state index contributed by atoms with van der Waals surface area (Å²) in [5.74, 6) is -5.26. The smallest absolute Gasteiger partial charge is 0.317 e. The predicted octanol–water partition coefficient (Wildman–Crippen LogP) is 6.09. The van der Waals surface area contributed by atoms with Crippen LogP contribution in [0.1, 0.15) is 104 Å². The number of carboxylic acid groups (broad SMARTS) is 4. The first-order valence-corrected chi connectivity index (χ1v) is 13.7. The SMILES string of the molecule is CC1C=CC(C)C(CCCCCCCC(C(=O)O)C(=O)O)C1CCCCCCCC(C(=O)O)C(=O)O. The summed E-state index contributed by atoms with van der Waals surface area (Å²) in [6.45, 7) is 4.58. The van der Waals surface area contributed by atoms with Gasteiger partial charge in [-0.25, -0.2) is 0 Å². The summed E-state index contributed by atoms with van der Waals surface area (Å²) in [5, 5.41) is 35.8. The maximum Gasteiger partial charge on any atom is 0.317 e. The minimum Gasteiger partial charge on any atom is -0.481 e. The van der Waals surface area contributed by atoms with Gasteiger partial charge in [0.2, 0.25) is 0 Å². The fourth-order valence-corrected chi connectivity index (χ4v) is 5.59. The van der Waals surface area contributed by atoms with Crippen LogP contribution in [-0.4, -0.2) is 44.3 Å². The van der Waals surface area contributed by atoms with Gasteiger partial charge in [-0.1, -0.05) is 90.2 Å². The summed E-state index contributed by atoms with van der Waals surface area (Å²) < 4.78 is 0. The van der Waals surface area contributed by atoms with Crippen LogP contribution in [0, 0.1) is 35.5 Å². The summed E-state index contributed by atoms with van der Waals surface area (Å²) >= 11 is 0. The summed E-state index contributed by atoms with van der Waals surface area (Å²) in [4.78, 5) is 43.8. The van der Waals surface area contributed by atoms with E-state index in [1.54, 1.807) is 0 Å². The number of carboxylic acids is 4. The molecule has 0 fully saturated rings. The van der Waals surface area contributed by atoms with E-state index in [9.17, 15) is 19.2 Å². The molecule has 0 aliphatic heterocycles. The standard InChI is InChI=1S/C28H46O8/c1-19-17-18-20(2)22(14-10-6-4-8-12-16-24(27(33)34)28(35)36)21(19)13-9-5-3-7-11-15-23(25(29)30)26(31)32/h17-24H,3-16H2,1-2H3,(H,29,30)(H,31,32)(H,33,34)(H,35,36). The van der Waals surface area contributed by atoms with Crippen LogP contribution in [0.25, 0.3) is 0 Å². The van der Waals surface area contributed by atoms with E-state index < -0.39 is 35.7 Å². The van der Waals surface area contributed by atoms with Crippen LogP contribution in [0.15, 0.2) is 12.2 Å². The molecule has 206 valence electrons. The first-order chi connectivity index (χ1) is 17.1. The third-order valence-electron chi connectivity index (χ3n) is 7.87. The lowest BCUT2D eigenvalue weighted by atomic mass is 9.68. The summed E-state index contributed by atoms with van der Waals surface area (Å²) in [7, 11) is 0. The Balaban J connectivity index is 2.30. The van der Waals surface area contributed by atoms with Crippen molar-refractivity contribution in [2.75, 3.05) is 0 Å². The molecule has 0 spiro atoms. The highest BCUT2D eigenvalue weighted by molar-refractivity contribution is 5.93. The Hall–Kier alpha value is -2.38. The van der Waals surface area contributed by atoms with Crippen LogP contribution in [0.2, 0.25) is 0 Å². The quantitative estimate of drug-likeness (QED) is 0.0872. The van der Waals surface area contributed by atoms with E-state index >= 15 is 0 Å². The van der Waals surface area contributed by atoms with Crippen molar-refractivity contribution in [1.29, 1.82) is 0 Å². The van der Waals surface area contributed by atoms with Crippen LogP contribution < -0.4 is 0 Å². The van der Waals surface area contributed by atoms with Gasteiger partial charge in [0.15, 0.2) is 11.8 Å². The van der Waals surface area contributed by atoms with Crippen molar-refractivity contribution in [3.8, 4) is 0 Å². The zero-order valence-electron chi connectivity index (χ0n) is 21.9. The molecule has 36 heavy (non-hydrogen) atoms. The monoisotopic (exact) mass is 510 g/mol. The normalized spacial score (nSPS) is 21.7. The lowest BCUT2D eigenvalue weighted by Crippen LogP contribution is -2.29. The van der Waals surface area contributed by atoms with E-state index in [4.69, 9.17) is 20.4 Å². The number of rotatable bonds is 20. The van der Waals surface area contributed by atoms with E-state index in [1.807, 2.05) is 0 Å². The van der Waals surface area contributed by atoms with Crippen LogP contribution >= 0.6 is 0 Å². The molecule has 8 nitrogen and oxygen atoms in total. The van der Waals surface area contributed by atoms with Gasteiger partial charge in [0.1, 0.15) is 0 Å². The van der Waals surface area contributed by atoms with Crippen LogP contribution in [0.4, 0.5) is 0 Å². The highest BCUT2D eigenvalue weighted by Gasteiger charge is 2.31. The van der Waals surface area contributed by atoms with E-state index in [-0.39, 0.29) is 12.8 Å². The number of carbonyl (C=O) groups is 4. The second kappa shape index (κ2) is 17.1. The van der Waals surface area contributed by atoms with E-state index in [0.717, 1.165) is 51.4 Å². The molecule has 0 aromatic carbocycles. The van der Waals surface area contributed by atoms with Crippen molar-refractivity contribution in [2.24, 2.45) is 35.5 Å². The summed E-state index contributed by atoms with van der Waals surface area (Å²) in [5.41, 5.74) is 0. The van der Waals surface area contributed by atoms with Gasteiger partial charge in [-0.3, -0.25) is 19.2 Å². The van der Waals surface area contributed by atoms with Gasteiger partial charge in [-0.2, -0.15) is 0 Å². The number of unbranched alkanes of at least 4 members (excludes halogenated alkanes) is 8. The highest BCUT2D eigenvalue weighted by atomic mass is 16.4. The molecule has 8 heteroatoms. The molecule has 0 amide bonds. The zero-order valence-corrected chi connectivity index (χ0v) is 21.9. The average Bonchev–Trinajstić information content (AvgIpc) is 2.79. The van der Waals surface area contributed by atoms with Crippen LogP contribution in [0.5, 0.6) is 0 Å². The molecule has 1 aliphatic rings. The molecule has 0 heterocycles. The molecule has 0 saturated heterocycles. The Bertz CT molecular complexity index is 643.